The van der Waals surface area contributed by atoms with Crippen molar-refractivity contribution in [3.05, 3.63) is 35.4 Å². The van der Waals surface area contributed by atoms with Gasteiger partial charge in [0.2, 0.25) is 0 Å². The zero-order valence-electron chi connectivity index (χ0n) is 15.9. The minimum absolute atomic E-state index is 0.115. The Morgan fingerprint density at radius 2 is 1.72 bits per heavy atom. The van der Waals surface area contributed by atoms with Crippen molar-refractivity contribution < 1.29 is 9.90 Å². The first-order valence-corrected chi connectivity index (χ1v) is 9.49. The first-order valence-electron chi connectivity index (χ1n) is 9.49. The number of hydrogen-bond donors (Lipinski definition) is 2. The molecule has 1 aliphatic heterocycles. The van der Waals surface area contributed by atoms with Crippen LogP contribution in [0.25, 0.3) is 0 Å². The summed E-state index contributed by atoms with van der Waals surface area (Å²) in [4.78, 5) is 17.0. The number of carbonyl (C=O) groups excluding carboxylic acids is 1. The lowest BCUT2D eigenvalue weighted by atomic mass is 9.96. The third kappa shape index (κ3) is 6.10. The molecule has 0 spiro atoms. The second-order valence-electron chi connectivity index (χ2n) is 7.13. The van der Waals surface area contributed by atoms with E-state index in [0.29, 0.717) is 12.1 Å². The zero-order valence-corrected chi connectivity index (χ0v) is 15.9. The summed E-state index contributed by atoms with van der Waals surface area (Å²) in [7, 11) is 2.16. The molecule has 1 saturated heterocycles. The number of rotatable bonds is 8. The predicted octanol–water partition coefficient (Wildman–Crippen LogP) is 1.96. The normalized spacial score (nSPS) is 17.6. The van der Waals surface area contributed by atoms with E-state index in [0.717, 1.165) is 45.6 Å². The number of aliphatic hydroxyl groups is 1. The third-order valence-corrected chi connectivity index (χ3v) is 5.28. The molecule has 1 aliphatic rings. The Bertz CT molecular complexity index is 520. The predicted molar refractivity (Wildman–Crippen MR) is 102 cm³/mol. The van der Waals surface area contributed by atoms with Crippen molar-refractivity contribution in [3.63, 3.8) is 0 Å². The molecular formula is C20H33N3O2. The minimum atomic E-state index is -0.476. The Morgan fingerprint density at radius 1 is 1.12 bits per heavy atom. The molecule has 0 aromatic heterocycles. The Balaban J connectivity index is 1.81. The Kier molecular flexibility index (Phi) is 7.88. The molecular weight excluding hydrogens is 314 g/mol. The lowest BCUT2D eigenvalue weighted by Gasteiger charge is -2.32. The summed E-state index contributed by atoms with van der Waals surface area (Å²) < 4.78 is 0. The van der Waals surface area contributed by atoms with Gasteiger partial charge in [-0.1, -0.05) is 38.8 Å². The number of nitrogens with one attached hydrogen (secondary N) is 1. The molecule has 2 rings (SSSR count). The van der Waals surface area contributed by atoms with Crippen molar-refractivity contribution in [2.24, 2.45) is 5.92 Å². The van der Waals surface area contributed by atoms with E-state index >= 15 is 0 Å². The Hall–Kier alpha value is -1.43. The molecule has 0 bridgehead atoms. The fourth-order valence-electron chi connectivity index (χ4n) is 3.32. The molecule has 2 N–H and O–H groups in total. The standard InChI is InChI=1S/C20H33N3O2/c1-4-17(5-2)19(24)14-21-20(25)18-8-6-16(7-9-18)15-23-12-10-22(3)11-13-23/h6-9,17,19,24H,4-5,10-15H2,1-3H3,(H,21,25). The smallest absolute Gasteiger partial charge is 0.251 e. The lowest BCUT2D eigenvalue weighted by Crippen LogP contribution is -2.43. The molecule has 140 valence electrons. The summed E-state index contributed by atoms with van der Waals surface area (Å²) in [6.45, 7) is 9.78. The van der Waals surface area contributed by atoms with Gasteiger partial charge in [-0.3, -0.25) is 9.69 Å². The van der Waals surface area contributed by atoms with Crippen molar-refractivity contribution in [2.45, 2.75) is 39.3 Å². The topological polar surface area (TPSA) is 55.8 Å². The van der Waals surface area contributed by atoms with E-state index in [4.69, 9.17) is 0 Å². The summed E-state index contributed by atoms with van der Waals surface area (Å²) in [6.07, 6.45) is 1.37. The van der Waals surface area contributed by atoms with Gasteiger partial charge >= 0.3 is 0 Å². The highest BCUT2D eigenvalue weighted by Crippen LogP contribution is 2.13. The summed E-state index contributed by atoms with van der Waals surface area (Å²) in [5.74, 6) is 0.127. The molecule has 25 heavy (non-hydrogen) atoms. The van der Waals surface area contributed by atoms with Gasteiger partial charge in [0.15, 0.2) is 0 Å². The second-order valence-corrected chi connectivity index (χ2v) is 7.13. The number of amides is 1. The summed E-state index contributed by atoms with van der Waals surface area (Å²) >= 11 is 0. The van der Waals surface area contributed by atoms with Crippen LogP contribution in [0.15, 0.2) is 24.3 Å². The first kappa shape index (κ1) is 19.9. The number of hydrogen-bond acceptors (Lipinski definition) is 4. The van der Waals surface area contributed by atoms with Gasteiger partial charge in [-0.15, -0.1) is 0 Å². The summed E-state index contributed by atoms with van der Waals surface area (Å²) in [5, 5.41) is 13.0. The molecule has 1 heterocycles. The van der Waals surface area contributed by atoms with Crippen LogP contribution < -0.4 is 5.32 Å². The largest absolute Gasteiger partial charge is 0.391 e. The third-order valence-electron chi connectivity index (χ3n) is 5.28. The molecule has 0 aliphatic carbocycles. The molecule has 1 aromatic carbocycles. The number of carbonyl (C=O) groups is 1. The zero-order chi connectivity index (χ0) is 18.2. The summed E-state index contributed by atoms with van der Waals surface area (Å²) in [5.41, 5.74) is 1.89. The number of piperazine rings is 1. The monoisotopic (exact) mass is 347 g/mol. The van der Waals surface area contributed by atoms with Crippen LogP contribution in [0.1, 0.15) is 42.6 Å². The van der Waals surface area contributed by atoms with Crippen molar-refractivity contribution in [1.29, 1.82) is 0 Å². The van der Waals surface area contributed by atoms with Gasteiger partial charge in [0.05, 0.1) is 6.10 Å². The van der Waals surface area contributed by atoms with Crippen LogP contribution in [-0.4, -0.2) is 66.7 Å². The average molecular weight is 348 g/mol. The molecule has 0 saturated carbocycles. The maximum Gasteiger partial charge on any atom is 0.251 e. The van der Waals surface area contributed by atoms with Crippen LogP contribution >= 0.6 is 0 Å². The fraction of sp³-hybridized carbons (Fsp3) is 0.650. The number of aliphatic hydroxyl groups excluding tert-OH is 1. The molecule has 0 radical (unpaired) electrons. The van der Waals surface area contributed by atoms with Crippen LogP contribution in [0.2, 0.25) is 0 Å². The van der Waals surface area contributed by atoms with Gasteiger partial charge in [-0.05, 0) is 30.7 Å². The molecule has 5 nitrogen and oxygen atoms in total. The maximum atomic E-state index is 12.2. The Morgan fingerprint density at radius 3 is 2.28 bits per heavy atom. The maximum absolute atomic E-state index is 12.2. The van der Waals surface area contributed by atoms with Crippen LogP contribution in [0.4, 0.5) is 0 Å². The van der Waals surface area contributed by atoms with E-state index in [2.05, 4.69) is 36.0 Å². The van der Waals surface area contributed by atoms with E-state index < -0.39 is 6.10 Å². The van der Waals surface area contributed by atoms with E-state index in [-0.39, 0.29) is 11.8 Å². The number of benzene rings is 1. The van der Waals surface area contributed by atoms with Gasteiger partial charge < -0.3 is 15.3 Å². The van der Waals surface area contributed by atoms with Crippen molar-refractivity contribution in [1.82, 2.24) is 15.1 Å². The first-order chi connectivity index (χ1) is 12.0. The van der Waals surface area contributed by atoms with Crippen LogP contribution in [-0.2, 0) is 6.54 Å². The van der Waals surface area contributed by atoms with E-state index in [1.54, 1.807) is 0 Å². The minimum Gasteiger partial charge on any atom is -0.391 e. The van der Waals surface area contributed by atoms with Crippen molar-refractivity contribution >= 4 is 5.91 Å². The molecule has 1 fully saturated rings. The molecule has 1 unspecified atom stereocenters. The van der Waals surface area contributed by atoms with Crippen LogP contribution in [0.3, 0.4) is 0 Å². The SMILES string of the molecule is CCC(CC)C(O)CNC(=O)c1ccc(CN2CCN(C)CC2)cc1. The highest BCUT2D eigenvalue weighted by molar-refractivity contribution is 5.94. The van der Waals surface area contributed by atoms with E-state index in [9.17, 15) is 9.90 Å². The van der Waals surface area contributed by atoms with Crippen LogP contribution in [0, 0.1) is 5.92 Å². The average Bonchev–Trinajstić information content (AvgIpc) is 2.63. The molecule has 1 amide bonds. The van der Waals surface area contributed by atoms with Crippen LogP contribution in [0.5, 0.6) is 0 Å². The van der Waals surface area contributed by atoms with Gasteiger partial charge in [-0.25, -0.2) is 0 Å². The van der Waals surface area contributed by atoms with E-state index in [1.165, 1.54) is 5.56 Å². The van der Waals surface area contributed by atoms with Gasteiger partial charge in [-0.2, -0.15) is 0 Å². The number of likely N-dealkylation sites (N-methyl/N-ethyl adjacent to an activating group) is 1. The Labute approximate surface area is 152 Å². The highest BCUT2D eigenvalue weighted by Gasteiger charge is 2.17. The lowest BCUT2D eigenvalue weighted by molar-refractivity contribution is 0.0816. The van der Waals surface area contributed by atoms with Gasteiger partial charge in [0.25, 0.3) is 5.91 Å². The highest BCUT2D eigenvalue weighted by atomic mass is 16.3. The second kappa shape index (κ2) is 9.90. The number of nitrogens with zero attached hydrogens (tertiary/aromatic N) is 2. The van der Waals surface area contributed by atoms with Gasteiger partial charge in [0, 0.05) is 44.8 Å². The molecule has 5 heteroatoms. The van der Waals surface area contributed by atoms with Crippen molar-refractivity contribution in [2.75, 3.05) is 39.8 Å². The fourth-order valence-corrected chi connectivity index (χ4v) is 3.32. The van der Waals surface area contributed by atoms with E-state index in [1.807, 2.05) is 24.3 Å². The quantitative estimate of drug-likeness (QED) is 0.755. The van der Waals surface area contributed by atoms with Crippen molar-refractivity contribution in [3.8, 4) is 0 Å². The summed E-state index contributed by atoms with van der Waals surface area (Å²) in [6, 6.07) is 7.82. The van der Waals surface area contributed by atoms with Gasteiger partial charge in [0.1, 0.15) is 0 Å². The molecule has 1 atom stereocenters. The molecule has 1 aromatic rings.